The Hall–Kier alpha value is -2.21. The lowest BCUT2D eigenvalue weighted by molar-refractivity contribution is 0.0550. The maximum atomic E-state index is 12.2. The van der Waals surface area contributed by atoms with Crippen molar-refractivity contribution in [3.8, 4) is 0 Å². The van der Waals surface area contributed by atoms with Gasteiger partial charge in [-0.05, 0) is 24.1 Å². The molecule has 0 aromatic heterocycles. The predicted octanol–water partition coefficient (Wildman–Crippen LogP) is 1.58. The zero-order valence-corrected chi connectivity index (χ0v) is 13.9. The van der Waals surface area contributed by atoms with Gasteiger partial charge in [-0.2, -0.15) is 0 Å². The Balaban J connectivity index is 1.88. The van der Waals surface area contributed by atoms with Crippen LogP contribution in [0.25, 0.3) is 0 Å². The van der Waals surface area contributed by atoms with Gasteiger partial charge in [-0.1, -0.05) is 55.5 Å². The number of nitrogens with two attached hydrogens (primary N) is 1. The van der Waals surface area contributed by atoms with E-state index < -0.39 is 12.1 Å². The topological polar surface area (TPSA) is 78.6 Å². The molecule has 24 heavy (non-hydrogen) atoms. The van der Waals surface area contributed by atoms with Gasteiger partial charge in [0.1, 0.15) is 0 Å². The summed E-state index contributed by atoms with van der Waals surface area (Å²) in [6.45, 7) is 2.78. The summed E-state index contributed by atoms with van der Waals surface area (Å²) in [4.78, 5) is 12.2. The van der Waals surface area contributed by atoms with Crippen LogP contribution in [0.2, 0.25) is 0 Å². The highest BCUT2D eigenvalue weighted by Crippen LogP contribution is 2.06. The van der Waals surface area contributed by atoms with Crippen LogP contribution < -0.4 is 11.2 Å². The third kappa shape index (κ3) is 5.45. The van der Waals surface area contributed by atoms with Gasteiger partial charge in [0.05, 0.1) is 6.10 Å². The van der Waals surface area contributed by atoms with Crippen molar-refractivity contribution in [2.24, 2.45) is 5.73 Å². The number of amides is 1. The second-order valence-electron chi connectivity index (χ2n) is 5.77. The highest BCUT2D eigenvalue weighted by atomic mass is 16.3. The van der Waals surface area contributed by atoms with Crippen molar-refractivity contribution >= 4 is 5.91 Å². The van der Waals surface area contributed by atoms with Gasteiger partial charge in [-0.25, -0.2) is 5.01 Å². The number of nitrogens with one attached hydrogen (secondary N) is 1. The van der Waals surface area contributed by atoms with Crippen LogP contribution >= 0.6 is 0 Å². The number of hydrazine groups is 1. The molecule has 2 unspecified atom stereocenters. The third-order valence-electron chi connectivity index (χ3n) is 3.89. The molecule has 0 aliphatic rings. The number of likely N-dealkylation sites (N-methyl/N-ethyl adjacent to an activating group) is 1. The van der Waals surface area contributed by atoms with E-state index in [1.807, 2.05) is 55.5 Å². The van der Waals surface area contributed by atoms with Crippen molar-refractivity contribution in [2.45, 2.75) is 25.5 Å². The predicted molar refractivity (Wildman–Crippen MR) is 95.3 cm³/mol. The summed E-state index contributed by atoms with van der Waals surface area (Å²) in [5.41, 5.74) is 10.6. The fourth-order valence-corrected chi connectivity index (χ4v) is 2.43. The molecule has 0 aliphatic carbocycles. The van der Waals surface area contributed by atoms with E-state index in [0.29, 0.717) is 18.5 Å². The summed E-state index contributed by atoms with van der Waals surface area (Å²) in [6, 6.07) is 18.4. The Kier molecular flexibility index (Phi) is 6.93. The summed E-state index contributed by atoms with van der Waals surface area (Å²) >= 11 is 0. The van der Waals surface area contributed by atoms with Crippen LogP contribution in [0, 0.1) is 0 Å². The molecule has 0 saturated heterocycles. The monoisotopic (exact) mass is 327 g/mol. The van der Waals surface area contributed by atoms with Crippen molar-refractivity contribution in [1.29, 1.82) is 0 Å². The number of nitrogens with zero attached hydrogens (tertiary/aromatic N) is 1. The standard InChI is InChI=1S/C19H25N3O2/c1-2-22(21-19(24)16-11-7-4-8-12-16)14-18(23)17(20)13-15-9-5-3-6-10-15/h3-12,17-18,23H,2,13-14,20H2,1H3,(H,21,24). The van der Waals surface area contributed by atoms with Crippen LogP contribution in [-0.4, -0.2) is 41.3 Å². The number of hydrogen-bond donors (Lipinski definition) is 3. The number of benzene rings is 2. The molecule has 0 heterocycles. The number of aliphatic hydroxyl groups excluding tert-OH is 1. The molecule has 128 valence electrons. The lowest BCUT2D eigenvalue weighted by Crippen LogP contribution is -2.50. The third-order valence-corrected chi connectivity index (χ3v) is 3.89. The van der Waals surface area contributed by atoms with E-state index in [-0.39, 0.29) is 12.5 Å². The molecular weight excluding hydrogens is 302 g/mol. The van der Waals surface area contributed by atoms with Crippen molar-refractivity contribution in [1.82, 2.24) is 10.4 Å². The molecular formula is C19H25N3O2. The summed E-state index contributed by atoms with van der Waals surface area (Å²) < 4.78 is 0. The van der Waals surface area contributed by atoms with E-state index in [9.17, 15) is 9.90 Å². The SMILES string of the molecule is CCN(CC(O)C(N)Cc1ccccc1)NC(=O)c1ccccc1. The maximum Gasteiger partial charge on any atom is 0.265 e. The van der Waals surface area contributed by atoms with Gasteiger partial charge in [-0.3, -0.25) is 10.2 Å². The van der Waals surface area contributed by atoms with Gasteiger partial charge in [0.25, 0.3) is 5.91 Å². The van der Waals surface area contributed by atoms with Crippen molar-refractivity contribution in [3.63, 3.8) is 0 Å². The largest absolute Gasteiger partial charge is 0.390 e. The molecule has 5 heteroatoms. The molecule has 2 atom stereocenters. The van der Waals surface area contributed by atoms with E-state index in [0.717, 1.165) is 5.56 Å². The lowest BCUT2D eigenvalue weighted by Gasteiger charge is -2.27. The fraction of sp³-hybridized carbons (Fsp3) is 0.316. The van der Waals surface area contributed by atoms with Crippen LogP contribution in [0.15, 0.2) is 60.7 Å². The van der Waals surface area contributed by atoms with E-state index in [2.05, 4.69) is 5.43 Å². The quantitative estimate of drug-likeness (QED) is 0.643. The van der Waals surface area contributed by atoms with E-state index in [1.165, 1.54) is 0 Å². The number of hydrogen-bond acceptors (Lipinski definition) is 4. The second-order valence-corrected chi connectivity index (χ2v) is 5.77. The minimum Gasteiger partial charge on any atom is -0.390 e. The summed E-state index contributed by atoms with van der Waals surface area (Å²) in [7, 11) is 0. The van der Waals surface area contributed by atoms with Gasteiger partial charge >= 0.3 is 0 Å². The Morgan fingerprint density at radius 2 is 1.71 bits per heavy atom. The number of carbonyl (C=O) groups excluding carboxylic acids is 1. The average Bonchev–Trinajstić information content (AvgIpc) is 2.62. The second kappa shape index (κ2) is 9.17. The first-order valence-electron chi connectivity index (χ1n) is 8.18. The zero-order valence-electron chi connectivity index (χ0n) is 13.9. The summed E-state index contributed by atoms with van der Waals surface area (Å²) in [5.74, 6) is -0.193. The van der Waals surface area contributed by atoms with Crippen molar-refractivity contribution in [2.75, 3.05) is 13.1 Å². The highest BCUT2D eigenvalue weighted by Gasteiger charge is 2.19. The number of rotatable bonds is 8. The van der Waals surface area contributed by atoms with E-state index in [1.54, 1.807) is 17.1 Å². The Bertz CT molecular complexity index is 619. The molecule has 2 rings (SSSR count). The van der Waals surface area contributed by atoms with E-state index in [4.69, 9.17) is 5.73 Å². The molecule has 1 amide bonds. The Morgan fingerprint density at radius 1 is 1.12 bits per heavy atom. The zero-order chi connectivity index (χ0) is 17.4. The van der Waals surface area contributed by atoms with Gasteiger partial charge in [0.2, 0.25) is 0 Å². The summed E-state index contributed by atoms with van der Waals surface area (Å²) in [6.07, 6.45) is -0.145. The first-order valence-corrected chi connectivity index (χ1v) is 8.18. The number of aliphatic hydroxyl groups is 1. The minimum atomic E-state index is -0.735. The first-order chi connectivity index (χ1) is 11.6. The maximum absolute atomic E-state index is 12.2. The fourth-order valence-electron chi connectivity index (χ4n) is 2.43. The van der Waals surface area contributed by atoms with Crippen LogP contribution in [0.5, 0.6) is 0 Å². The molecule has 4 N–H and O–H groups in total. The Labute approximate surface area is 143 Å². The molecule has 2 aromatic carbocycles. The molecule has 0 fully saturated rings. The van der Waals surface area contributed by atoms with Crippen LogP contribution in [0.3, 0.4) is 0 Å². The van der Waals surface area contributed by atoms with Crippen molar-refractivity contribution in [3.05, 3.63) is 71.8 Å². The van der Waals surface area contributed by atoms with E-state index >= 15 is 0 Å². The molecule has 0 saturated carbocycles. The van der Waals surface area contributed by atoms with Crippen LogP contribution in [-0.2, 0) is 6.42 Å². The molecule has 2 aromatic rings. The summed E-state index contributed by atoms with van der Waals surface area (Å²) in [5, 5.41) is 12.0. The van der Waals surface area contributed by atoms with Gasteiger partial charge < -0.3 is 10.8 Å². The van der Waals surface area contributed by atoms with Crippen LogP contribution in [0.1, 0.15) is 22.8 Å². The highest BCUT2D eigenvalue weighted by molar-refractivity contribution is 5.93. The van der Waals surface area contributed by atoms with Gasteiger partial charge in [-0.15, -0.1) is 0 Å². The smallest absolute Gasteiger partial charge is 0.265 e. The Morgan fingerprint density at radius 3 is 2.29 bits per heavy atom. The van der Waals surface area contributed by atoms with Crippen LogP contribution in [0.4, 0.5) is 0 Å². The molecule has 0 spiro atoms. The number of carbonyl (C=O) groups is 1. The first kappa shape index (κ1) is 18.1. The minimum absolute atomic E-state index is 0.193. The average molecular weight is 327 g/mol. The van der Waals surface area contributed by atoms with Crippen molar-refractivity contribution < 1.29 is 9.90 Å². The molecule has 0 radical (unpaired) electrons. The normalized spacial score (nSPS) is 13.5. The lowest BCUT2D eigenvalue weighted by atomic mass is 10.0. The van der Waals surface area contributed by atoms with Gasteiger partial charge in [0.15, 0.2) is 0 Å². The molecule has 0 aliphatic heterocycles. The van der Waals surface area contributed by atoms with Gasteiger partial charge in [0, 0.05) is 24.7 Å². The molecule has 0 bridgehead atoms. The molecule has 5 nitrogen and oxygen atoms in total.